The summed E-state index contributed by atoms with van der Waals surface area (Å²) in [5, 5.41) is 3.81. The van der Waals surface area contributed by atoms with Crippen LogP contribution in [0.2, 0.25) is 0 Å². The Kier molecular flexibility index (Phi) is 5.83. The van der Waals surface area contributed by atoms with Crippen LogP contribution in [0.15, 0.2) is 88.9 Å². The van der Waals surface area contributed by atoms with Crippen molar-refractivity contribution < 1.29 is 17.5 Å². The molecule has 3 aromatic carbocycles. The van der Waals surface area contributed by atoms with Crippen molar-refractivity contribution in [1.82, 2.24) is 4.83 Å². The number of hydrogen-bond donors (Lipinski definition) is 1. The van der Waals surface area contributed by atoms with Crippen LogP contribution < -0.4 is 9.57 Å². The van der Waals surface area contributed by atoms with Crippen molar-refractivity contribution in [2.75, 3.05) is 0 Å². The molecule has 0 aromatic heterocycles. The van der Waals surface area contributed by atoms with Crippen LogP contribution in [0.5, 0.6) is 5.75 Å². The third-order valence-electron chi connectivity index (χ3n) is 3.69. The molecule has 0 aliphatic rings. The summed E-state index contributed by atoms with van der Waals surface area (Å²) < 4.78 is 43.7. The number of hydrazone groups is 1. The quantitative estimate of drug-likeness (QED) is 0.499. The van der Waals surface area contributed by atoms with Gasteiger partial charge in [-0.05, 0) is 30.3 Å². The van der Waals surface area contributed by atoms with E-state index in [4.69, 9.17) is 4.74 Å². The minimum absolute atomic E-state index is 0.0489. The highest BCUT2D eigenvalue weighted by molar-refractivity contribution is 7.89. The van der Waals surface area contributed by atoms with Gasteiger partial charge in [0.15, 0.2) is 0 Å². The van der Waals surface area contributed by atoms with E-state index in [0.29, 0.717) is 16.9 Å². The lowest BCUT2D eigenvalue weighted by Crippen LogP contribution is -2.18. The molecule has 0 aliphatic carbocycles. The van der Waals surface area contributed by atoms with E-state index in [2.05, 4.69) is 9.93 Å². The largest absolute Gasteiger partial charge is 0.488 e. The van der Waals surface area contributed by atoms with Gasteiger partial charge in [-0.3, -0.25) is 0 Å². The number of para-hydroxylation sites is 1. The monoisotopic (exact) mass is 384 g/mol. The highest BCUT2D eigenvalue weighted by atomic mass is 32.2. The van der Waals surface area contributed by atoms with E-state index in [1.54, 1.807) is 60.7 Å². The standard InChI is InChI=1S/C20H17FN2O3S/c21-19-12-6-4-9-17(19)15-26-20-13-7-5-8-16(20)14-22-23-27(24,25)18-10-2-1-3-11-18/h1-14,23H,15H2/b22-14-. The van der Waals surface area contributed by atoms with Gasteiger partial charge in [-0.2, -0.15) is 13.5 Å². The predicted octanol–water partition coefficient (Wildman–Crippen LogP) is 3.72. The molecule has 0 spiro atoms. The van der Waals surface area contributed by atoms with Crippen LogP contribution in [0.4, 0.5) is 4.39 Å². The molecule has 5 nitrogen and oxygen atoms in total. The SMILES string of the molecule is O=S(=O)(N/N=C\c1ccccc1OCc1ccccc1F)c1ccccc1. The first-order valence-electron chi connectivity index (χ1n) is 8.11. The summed E-state index contributed by atoms with van der Waals surface area (Å²) in [5.74, 6) is 0.114. The molecule has 3 rings (SSSR count). The summed E-state index contributed by atoms with van der Waals surface area (Å²) in [5.41, 5.74) is 0.985. The fraction of sp³-hybridized carbons (Fsp3) is 0.0500. The number of halogens is 1. The first-order chi connectivity index (χ1) is 13.1. The molecule has 0 bridgehead atoms. The summed E-state index contributed by atoms with van der Waals surface area (Å²) in [6.07, 6.45) is 1.34. The minimum atomic E-state index is -3.74. The second-order valence-electron chi connectivity index (χ2n) is 5.58. The Morgan fingerprint density at radius 2 is 1.59 bits per heavy atom. The third kappa shape index (κ3) is 4.92. The molecule has 0 aliphatic heterocycles. The maximum atomic E-state index is 13.7. The lowest BCUT2D eigenvalue weighted by molar-refractivity contribution is 0.299. The van der Waals surface area contributed by atoms with E-state index in [1.165, 1.54) is 24.4 Å². The molecule has 7 heteroatoms. The molecular weight excluding hydrogens is 367 g/mol. The van der Waals surface area contributed by atoms with Crippen LogP contribution in [-0.4, -0.2) is 14.6 Å². The van der Waals surface area contributed by atoms with Crippen LogP contribution in [0.25, 0.3) is 0 Å². The van der Waals surface area contributed by atoms with Crippen molar-refractivity contribution in [2.45, 2.75) is 11.5 Å². The molecule has 0 atom stereocenters. The molecule has 0 fully saturated rings. The van der Waals surface area contributed by atoms with Crippen molar-refractivity contribution in [3.05, 3.63) is 95.8 Å². The number of rotatable bonds is 7. The minimum Gasteiger partial charge on any atom is -0.488 e. The van der Waals surface area contributed by atoms with Gasteiger partial charge in [0.25, 0.3) is 10.0 Å². The normalized spacial score (nSPS) is 11.4. The van der Waals surface area contributed by atoms with Crippen LogP contribution >= 0.6 is 0 Å². The summed E-state index contributed by atoms with van der Waals surface area (Å²) in [6.45, 7) is 0.0489. The molecule has 27 heavy (non-hydrogen) atoms. The summed E-state index contributed by atoms with van der Waals surface area (Å²) >= 11 is 0. The highest BCUT2D eigenvalue weighted by Gasteiger charge is 2.11. The number of ether oxygens (including phenoxy) is 1. The van der Waals surface area contributed by atoms with Gasteiger partial charge in [-0.15, -0.1) is 0 Å². The first kappa shape index (κ1) is 18.6. The van der Waals surface area contributed by atoms with E-state index < -0.39 is 10.0 Å². The Labute approximate surface area is 157 Å². The zero-order chi connectivity index (χ0) is 19.1. The molecule has 0 unspecified atom stereocenters. The van der Waals surface area contributed by atoms with Crippen LogP contribution in [0, 0.1) is 5.82 Å². The van der Waals surface area contributed by atoms with Crippen molar-refractivity contribution in [2.24, 2.45) is 5.10 Å². The zero-order valence-corrected chi connectivity index (χ0v) is 15.1. The van der Waals surface area contributed by atoms with Gasteiger partial charge in [-0.1, -0.05) is 48.5 Å². The topological polar surface area (TPSA) is 67.8 Å². The van der Waals surface area contributed by atoms with E-state index >= 15 is 0 Å². The molecule has 1 N–H and O–H groups in total. The molecule has 0 saturated heterocycles. The van der Waals surface area contributed by atoms with Gasteiger partial charge < -0.3 is 4.74 Å². The van der Waals surface area contributed by atoms with E-state index in [9.17, 15) is 12.8 Å². The van der Waals surface area contributed by atoms with Crippen molar-refractivity contribution >= 4 is 16.2 Å². The number of nitrogens with zero attached hydrogens (tertiary/aromatic N) is 1. The number of benzene rings is 3. The second kappa shape index (κ2) is 8.46. The van der Waals surface area contributed by atoms with Crippen molar-refractivity contribution in [3.8, 4) is 5.75 Å². The number of sulfonamides is 1. The fourth-order valence-corrected chi connectivity index (χ4v) is 3.12. The van der Waals surface area contributed by atoms with Gasteiger partial charge in [0.1, 0.15) is 18.2 Å². The Bertz CT molecular complexity index is 1040. The van der Waals surface area contributed by atoms with Crippen LogP contribution in [-0.2, 0) is 16.6 Å². The van der Waals surface area contributed by atoms with Crippen molar-refractivity contribution in [3.63, 3.8) is 0 Å². The average Bonchev–Trinajstić information content (AvgIpc) is 2.69. The Morgan fingerprint density at radius 3 is 2.37 bits per heavy atom. The number of nitrogens with one attached hydrogen (secondary N) is 1. The predicted molar refractivity (Wildman–Crippen MR) is 102 cm³/mol. The molecule has 0 heterocycles. The van der Waals surface area contributed by atoms with Gasteiger partial charge in [0, 0.05) is 11.1 Å². The third-order valence-corrected chi connectivity index (χ3v) is 4.93. The van der Waals surface area contributed by atoms with Crippen LogP contribution in [0.1, 0.15) is 11.1 Å². The maximum absolute atomic E-state index is 13.7. The van der Waals surface area contributed by atoms with Gasteiger partial charge >= 0.3 is 0 Å². The number of hydrogen-bond acceptors (Lipinski definition) is 4. The zero-order valence-electron chi connectivity index (χ0n) is 14.2. The van der Waals surface area contributed by atoms with Crippen molar-refractivity contribution in [1.29, 1.82) is 0 Å². The summed E-state index contributed by atoms with van der Waals surface area (Å²) in [7, 11) is -3.74. The molecular formula is C20H17FN2O3S. The second-order valence-corrected chi connectivity index (χ2v) is 7.24. The highest BCUT2D eigenvalue weighted by Crippen LogP contribution is 2.18. The van der Waals surface area contributed by atoms with E-state index in [1.807, 2.05) is 0 Å². The summed E-state index contributed by atoms with van der Waals surface area (Å²) in [6, 6.07) is 21.2. The lowest BCUT2D eigenvalue weighted by Gasteiger charge is -2.09. The Morgan fingerprint density at radius 1 is 0.926 bits per heavy atom. The first-order valence-corrected chi connectivity index (χ1v) is 9.60. The lowest BCUT2D eigenvalue weighted by atomic mass is 10.2. The molecule has 0 saturated carbocycles. The van der Waals surface area contributed by atoms with Gasteiger partial charge in [0.05, 0.1) is 11.1 Å². The van der Waals surface area contributed by atoms with E-state index in [-0.39, 0.29) is 17.3 Å². The maximum Gasteiger partial charge on any atom is 0.276 e. The van der Waals surface area contributed by atoms with Gasteiger partial charge in [-0.25, -0.2) is 9.22 Å². The fourth-order valence-electron chi connectivity index (χ4n) is 2.31. The molecule has 0 amide bonds. The molecule has 0 radical (unpaired) electrons. The Balaban J connectivity index is 1.71. The average molecular weight is 384 g/mol. The molecule has 3 aromatic rings. The molecule has 138 valence electrons. The Hall–Kier alpha value is -3.19. The van der Waals surface area contributed by atoms with Crippen LogP contribution in [0.3, 0.4) is 0 Å². The summed E-state index contributed by atoms with van der Waals surface area (Å²) in [4.78, 5) is 2.28. The smallest absolute Gasteiger partial charge is 0.276 e. The van der Waals surface area contributed by atoms with E-state index in [0.717, 1.165) is 0 Å². The van der Waals surface area contributed by atoms with Gasteiger partial charge in [0.2, 0.25) is 0 Å².